The second-order valence-corrected chi connectivity index (χ2v) is 8.15. The fourth-order valence-electron chi connectivity index (χ4n) is 4.59. The summed E-state index contributed by atoms with van der Waals surface area (Å²) in [5.41, 5.74) is -0.202. The van der Waals surface area contributed by atoms with Crippen molar-refractivity contribution in [3.63, 3.8) is 0 Å². The minimum atomic E-state index is -4.51. The number of anilines is 1. The molecule has 2 unspecified atom stereocenters. The summed E-state index contributed by atoms with van der Waals surface area (Å²) in [5, 5.41) is 3.93. The average Bonchev–Trinajstić information content (AvgIpc) is 3.40. The van der Waals surface area contributed by atoms with E-state index in [1.807, 2.05) is 0 Å². The lowest BCUT2D eigenvalue weighted by atomic mass is 10.0. The lowest BCUT2D eigenvalue weighted by molar-refractivity contribution is -0.141. The number of fused-ring (bicyclic) bond motifs is 2. The smallest absolute Gasteiger partial charge is 0.433 e. The molecule has 1 aliphatic carbocycles. The maximum atomic E-state index is 12.9. The van der Waals surface area contributed by atoms with Gasteiger partial charge in [0, 0.05) is 19.2 Å². The van der Waals surface area contributed by atoms with Crippen LogP contribution in [-0.2, 0) is 12.7 Å². The standard InChI is InChI=1S/C20H19F5N6O/c21-16(22)10-31-19-14(6-27-31)26-7-17(29-19)30-8-11-4-13(5-12(11)9-30)32-18-3-1-2-15(28-18)20(23,24)25/h1-3,6-7,11-13,16H,4-5,8-10H2. The Kier molecular flexibility index (Phi) is 5.09. The third-order valence-corrected chi connectivity index (χ3v) is 5.98. The summed E-state index contributed by atoms with van der Waals surface area (Å²) in [5.74, 6) is 1.15. The second-order valence-electron chi connectivity index (χ2n) is 8.15. The molecule has 0 radical (unpaired) electrons. The molecule has 3 aromatic heterocycles. The molecule has 1 saturated carbocycles. The predicted molar refractivity (Wildman–Crippen MR) is 103 cm³/mol. The van der Waals surface area contributed by atoms with E-state index in [1.54, 1.807) is 6.20 Å². The Hall–Kier alpha value is -3.05. The van der Waals surface area contributed by atoms with Crippen molar-refractivity contribution in [2.24, 2.45) is 11.8 Å². The molecule has 170 valence electrons. The Labute approximate surface area is 179 Å². The molecule has 7 nitrogen and oxygen atoms in total. The maximum Gasteiger partial charge on any atom is 0.433 e. The summed E-state index contributed by atoms with van der Waals surface area (Å²) in [6, 6.07) is 3.64. The van der Waals surface area contributed by atoms with Crippen LogP contribution in [0, 0.1) is 11.8 Å². The van der Waals surface area contributed by atoms with E-state index < -0.39 is 24.8 Å². The zero-order valence-corrected chi connectivity index (χ0v) is 16.7. The molecule has 4 heterocycles. The minimum absolute atomic E-state index is 0.0229. The number of pyridine rings is 1. The van der Waals surface area contributed by atoms with Crippen molar-refractivity contribution >= 4 is 17.0 Å². The van der Waals surface area contributed by atoms with Crippen molar-refractivity contribution < 1.29 is 26.7 Å². The molecule has 2 aliphatic rings. The lowest BCUT2D eigenvalue weighted by Gasteiger charge is -2.20. The van der Waals surface area contributed by atoms with Gasteiger partial charge < -0.3 is 9.64 Å². The van der Waals surface area contributed by atoms with Crippen molar-refractivity contribution in [2.45, 2.75) is 38.1 Å². The van der Waals surface area contributed by atoms with Crippen LogP contribution >= 0.6 is 0 Å². The number of alkyl halides is 5. The quantitative estimate of drug-likeness (QED) is 0.547. The van der Waals surface area contributed by atoms with Gasteiger partial charge in [-0.25, -0.2) is 28.4 Å². The van der Waals surface area contributed by atoms with Crippen molar-refractivity contribution in [3.8, 4) is 5.88 Å². The lowest BCUT2D eigenvalue weighted by Crippen LogP contribution is -2.25. The van der Waals surface area contributed by atoms with Crippen LogP contribution in [-0.4, -0.2) is 50.4 Å². The van der Waals surface area contributed by atoms with Gasteiger partial charge in [-0.2, -0.15) is 18.3 Å². The monoisotopic (exact) mass is 454 g/mol. The Morgan fingerprint density at radius 1 is 1.06 bits per heavy atom. The third kappa shape index (κ3) is 4.05. The number of rotatable bonds is 5. The Morgan fingerprint density at radius 3 is 2.50 bits per heavy atom. The molecule has 3 aromatic rings. The predicted octanol–water partition coefficient (Wildman–Crippen LogP) is 3.80. The largest absolute Gasteiger partial charge is 0.474 e. The first kappa shape index (κ1) is 20.8. The topological polar surface area (TPSA) is 69.0 Å². The summed E-state index contributed by atoms with van der Waals surface area (Å²) in [6.07, 6.45) is -2.85. The summed E-state index contributed by atoms with van der Waals surface area (Å²) in [7, 11) is 0. The summed E-state index contributed by atoms with van der Waals surface area (Å²) in [4.78, 5) is 14.4. The first-order valence-corrected chi connectivity index (χ1v) is 10.2. The molecule has 0 bridgehead atoms. The van der Waals surface area contributed by atoms with Gasteiger partial charge in [0.1, 0.15) is 29.7 Å². The van der Waals surface area contributed by atoms with Gasteiger partial charge >= 0.3 is 6.18 Å². The summed E-state index contributed by atoms with van der Waals surface area (Å²) < 4.78 is 71.0. The van der Waals surface area contributed by atoms with Crippen LogP contribution in [0.3, 0.4) is 0 Å². The van der Waals surface area contributed by atoms with Gasteiger partial charge in [0.25, 0.3) is 6.43 Å². The number of nitrogens with zero attached hydrogens (tertiary/aromatic N) is 6. The van der Waals surface area contributed by atoms with Gasteiger partial charge in [0.2, 0.25) is 5.88 Å². The number of aromatic nitrogens is 5. The van der Waals surface area contributed by atoms with Crippen molar-refractivity contribution in [3.05, 3.63) is 36.3 Å². The third-order valence-electron chi connectivity index (χ3n) is 5.98. The SMILES string of the molecule is FC(F)Cn1ncc2ncc(N3CC4CC(Oc5cccc(C(F)(F)F)n5)CC4C3)nc21. The first-order chi connectivity index (χ1) is 15.3. The van der Waals surface area contributed by atoms with Gasteiger partial charge in [0.15, 0.2) is 5.65 Å². The van der Waals surface area contributed by atoms with Crippen molar-refractivity contribution in [1.82, 2.24) is 24.7 Å². The van der Waals surface area contributed by atoms with E-state index in [-0.39, 0.29) is 23.8 Å². The fourth-order valence-corrected chi connectivity index (χ4v) is 4.59. The number of ether oxygens (including phenoxy) is 1. The highest BCUT2D eigenvalue weighted by Gasteiger charge is 2.43. The Bertz CT molecular complexity index is 1110. The molecule has 0 spiro atoms. The van der Waals surface area contributed by atoms with Gasteiger partial charge in [-0.15, -0.1) is 0 Å². The second kappa shape index (κ2) is 7.82. The van der Waals surface area contributed by atoms with Crippen LogP contribution in [0.4, 0.5) is 27.8 Å². The van der Waals surface area contributed by atoms with Gasteiger partial charge in [-0.3, -0.25) is 0 Å². The molecule has 2 atom stereocenters. The van der Waals surface area contributed by atoms with E-state index in [2.05, 4.69) is 25.0 Å². The fraction of sp³-hybridized carbons (Fsp3) is 0.500. The normalized spacial score (nSPS) is 23.3. The van der Waals surface area contributed by atoms with E-state index in [0.29, 0.717) is 42.9 Å². The van der Waals surface area contributed by atoms with Crippen LogP contribution < -0.4 is 9.64 Å². The van der Waals surface area contributed by atoms with E-state index in [4.69, 9.17) is 4.74 Å². The van der Waals surface area contributed by atoms with Gasteiger partial charge in [-0.1, -0.05) is 6.07 Å². The van der Waals surface area contributed by atoms with E-state index in [0.717, 1.165) is 10.7 Å². The first-order valence-electron chi connectivity index (χ1n) is 10.2. The molecule has 0 amide bonds. The molecular weight excluding hydrogens is 435 g/mol. The zero-order valence-electron chi connectivity index (χ0n) is 16.7. The van der Waals surface area contributed by atoms with Crippen molar-refractivity contribution in [2.75, 3.05) is 18.0 Å². The number of halogens is 5. The molecule has 2 fully saturated rings. The highest BCUT2D eigenvalue weighted by atomic mass is 19.4. The van der Waals surface area contributed by atoms with Crippen LogP contribution in [0.15, 0.2) is 30.6 Å². The van der Waals surface area contributed by atoms with Crippen LogP contribution in [0.5, 0.6) is 5.88 Å². The average molecular weight is 454 g/mol. The van der Waals surface area contributed by atoms with Gasteiger partial charge in [-0.05, 0) is 30.7 Å². The van der Waals surface area contributed by atoms with Crippen LogP contribution in [0.1, 0.15) is 18.5 Å². The van der Waals surface area contributed by atoms with E-state index in [1.165, 1.54) is 18.3 Å². The van der Waals surface area contributed by atoms with Crippen molar-refractivity contribution in [1.29, 1.82) is 0 Å². The molecule has 12 heteroatoms. The number of hydrogen-bond donors (Lipinski definition) is 0. The number of hydrogen-bond acceptors (Lipinski definition) is 6. The van der Waals surface area contributed by atoms with E-state index in [9.17, 15) is 22.0 Å². The molecule has 0 N–H and O–H groups in total. The Morgan fingerprint density at radius 2 is 1.81 bits per heavy atom. The molecule has 1 saturated heterocycles. The van der Waals surface area contributed by atoms with Gasteiger partial charge in [0.05, 0.1) is 12.4 Å². The highest BCUT2D eigenvalue weighted by Crippen LogP contribution is 2.41. The molecule has 32 heavy (non-hydrogen) atoms. The summed E-state index contributed by atoms with van der Waals surface area (Å²) in [6.45, 7) is 0.822. The summed E-state index contributed by atoms with van der Waals surface area (Å²) >= 11 is 0. The molecule has 5 rings (SSSR count). The van der Waals surface area contributed by atoms with E-state index >= 15 is 0 Å². The minimum Gasteiger partial charge on any atom is -0.474 e. The molecular formula is C20H19F5N6O. The van der Waals surface area contributed by atoms with Crippen LogP contribution in [0.2, 0.25) is 0 Å². The maximum absolute atomic E-state index is 12.9. The molecule has 1 aliphatic heterocycles. The Balaban J connectivity index is 1.24. The highest BCUT2D eigenvalue weighted by molar-refractivity contribution is 5.71. The van der Waals surface area contributed by atoms with Crippen LogP contribution in [0.25, 0.3) is 11.2 Å². The zero-order chi connectivity index (χ0) is 22.5. The molecule has 0 aromatic carbocycles.